The number of benzene rings is 3. The van der Waals surface area contributed by atoms with Crippen molar-refractivity contribution >= 4 is 21.7 Å². The topological polar surface area (TPSA) is 66.2 Å². The summed E-state index contributed by atoms with van der Waals surface area (Å²) in [6.07, 6.45) is 5.94. The van der Waals surface area contributed by atoms with Crippen LogP contribution >= 0.6 is 15.9 Å². The second kappa shape index (κ2) is 12.1. The normalized spacial score (nSPS) is 10.3. The summed E-state index contributed by atoms with van der Waals surface area (Å²) in [5.41, 5.74) is 2.68. The number of ether oxygens (including phenoxy) is 2. The third-order valence-electron chi connectivity index (χ3n) is 5.43. The number of aromatic nitrogens is 3. The molecule has 37 heavy (non-hydrogen) atoms. The molecule has 0 bridgehead atoms. The number of carbonyl (C=O) groups is 1. The minimum atomic E-state index is -0.391. The summed E-state index contributed by atoms with van der Waals surface area (Å²) >= 11 is 3.32. The molecule has 5 aromatic rings. The highest BCUT2D eigenvalue weighted by Crippen LogP contribution is 2.25. The maximum absolute atomic E-state index is 14.0. The van der Waals surface area contributed by atoms with E-state index >= 15 is 0 Å². The minimum Gasteiger partial charge on any atom is -0.497 e. The third kappa shape index (κ3) is 6.29. The average molecular weight is 560 g/mol. The van der Waals surface area contributed by atoms with E-state index in [0.29, 0.717) is 28.1 Å². The molecule has 0 N–H and O–H groups in total. The number of nitrogens with zero attached hydrogens (tertiary/aromatic N) is 3. The Labute approximate surface area is 222 Å². The maximum Gasteiger partial charge on any atom is 0.216 e. The van der Waals surface area contributed by atoms with E-state index < -0.39 is 5.82 Å². The lowest BCUT2D eigenvalue weighted by atomic mass is 10.1. The van der Waals surface area contributed by atoms with Crippen molar-refractivity contribution in [1.82, 2.24) is 14.5 Å². The van der Waals surface area contributed by atoms with Crippen molar-refractivity contribution in [3.63, 3.8) is 0 Å². The minimum absolute atomic E-state index is 0.229. The Bertz CT molecular complexity index is 1520. The number of carbonyl (C=O) groups excluding carboxylic acids is 1. The molecule has 0 aliphatic rings. The van der Waals surface area contributed by atoms with Crippen molar-refractivity contribution in [2.45, 2.75) is 0 Å². The van der Waals surface area contributed by atoms with Crippen LogP contribution in [0.25, 0.3) is 16.8 Å². The SMILES string of the molecule is COc1cccc(Br)c1.COc1ccccc1C(=O)c1cn(-c2cccc(-c3ccncc3F)c2)cn1. The van der Waals surface area contributed by atoms with Gasteiger partial charge >= 0.3 is 0 Å². The first kappa shape index (κ1) is 25.8. The first-order chi connectivity index (χ1) is 18.0. The molecule has 0 atom stereocenters. The molecule has 0 fully saturated rings. The summed E-state index contributed by atoms with van der Waals surface area (Å²) in [6.45, 7) is 0. The fourth-order valence-electron chi connectivity index (χ4n) is 3.59. The number of methoxy groups -OCH3 is 2. The molecule has 2 heterocycles. The molecule has 0 amide bonds. The summed E-state index contributed by atoms with van der Waals surface area (Å²) in [5.74, 6) is 0.756. The standard InChI is InChI=1S/C22H16FN3O2.C7H7BrO/c1-28-21-8-3-2-7-18(21)22(27)20-13-26(14-25-20)16-6-4-5-15(11-16)17-9-10-24-12-19(17)23;1-9-7-4-2-3-6(8)5-7/h2-14H,1H3;2-5H,1H3. The van der Waals surface area contributed by atoms with Crippen molar-refractivity contribution in [3.05, 3.63) is 125 Å². The fraction of sp³-hybridized carbons (Fsp3) is 0.0690. The number of hydrogen-bond acceptors (Lipinski definition) is 5. The van der Waals surface area contributed by atoms with E-state index in [0.717, 1.165) is 15.9 Å². The molecule has 0 unspecified atom stereocenters. The van der Waals surface area contributed by atoms with E-state index in [2.05, 4.69) is 25.9 Å². The Kier molecular flexibility index (Phi) is 8.43. The van der Waals surface area contributed by atoms with Gasteiger partial charge in [-0.3, -0.25) is 9.78 Å². The van der Waals surface area contributed by atoms with E-state index in [1.54, 1.807) is 60.7 Å². The van der Waals surface area contributed by atoms with E-state index in [1.807, 2.05) is 48.5 Å². The van der Waals surface area contributed by atoms with Crippen LogP contribution in [0.15, 0.2) is 108 Å². The van der Waals surface area contributed by atoms with Crippen LogP contribution in [0.1, 0.15) is 16.1 Å². The maximum atomic E-state index is 14.0. The number of halogens is 2. The molecule has 8 heteroatoms. The zero-order valence-electron chi connectivity index (χ0n) is 20.1. The lowest BCUT2D eigenvalue weighted by molar-refractivity contribution is 0.103. The first-order valence-electron chi connectivity index (χ1n) is 11.2. The second-order valence-electron chi connectivity index (χ2n) is 7.76. The van der Waals surface area contributed by atoms with Crippen molar-refractivity contribution in [1.29, 1.82) is 0 Å². The number of ketones is 1. The fourth-order valence-corrected chi connectivity index (χ4v) is 3.97. The van der Waals surface area contributed by atoms with Gasteiger partial charge in [0.1, 0.15) is 29.3 Å². The molecular formula is C29H23BrFN3O3. The molecule has 6 nitrogen and oxygen atoms in total. The van der Waals surface area contributed by atoms with Crippen molar-refractivity contribution < 1.29 is 18.7 Å². The van der Waals surface area contributed by atoms with Gasteiger partial charge in [-0.15, -0.1) is 0 Å². The number of rotatable bonds is 6. The van der Waals surface area contributed by atoms with Crippen LogP contribution in [-0.4, -0.2) is 34.5 Å². The summed E-state index contributed by atoms with van der Waals surface area (Å²) < 4.78 is 27.0. The van der Waals surface area contributed by atoms with Crippen LogP contribution in [0.2, 0.25) is 0 Å². The summed E-state index contributed by atoms with van der Waals surface area (Å²) in [7, 11) is 3.18. The van der Waals surface area contributed by atoms with Gasteiger partial charge in [0.05, 0.1) is 26.0 Å². The predicted octanol–water partition coefficient (Wildman–Crippen LogP) is 6.77. The van der Waals surface area contributed by atoms with E-state index in [-0.39, 0.29) is 5.78 Å². The number of para-hydroxylation sites is 1. The molecule has 5 rings (SSSR count). The van der Waals surface area contributed by atoms with Crippen LogP contribution in [0.5, 0.6) is 11.5 Å². The van der Waals surface area contributed by atoms with Gasteiger partial charge in [-0.2, -0.15) is 0 Å². The van der Waals surface area contributed by atoms with Crippen LogP contribution in [-0.2, 0) is 0 Å². The molecule has 3 aromatic carbocycles. The van der Waals surface area contributed by atoms with Gasteiger partial charge in [-0.1, -0.05) is 46.3 Å². The smallest absolute Gasteiger partial charge is 0.216 e. The lowest BCUT2D eigenvalue weighted by Crippen LogP contribution is -2.04. The number of pyridine rings is 1. The summed E-state index contributed by atoms with van der Waals surface area (Å²) in [6, 6.07) is 23.7. The second-order valence-corrected chi connectivity index (χ2v) is 8.68. The van der Waals surface area contributed by atoms with Gasteiger partial charge in [0.25, 0.3) is 0 Å². The Morgan fingerprint density at radius 2 is 1.76 bits per heavy atom. The highest BCUT2D eigenvalue weighted by Gasteiger charge is 2.17. The molecule has 186 valence electrons. The van der Waals surface area contributed by atoms with E-state index in [1.165, 1.54) is 13.3 Å². The van der Waals surface area contributed by atoms with Gasteiger partial charge in [0, 0.05) is 28.1 Å². The van der Waals surface area contributed by atoms with Crippen LogP contribution in [0, 0.1) is 5.82 Å². The Balaban J connectivity index is 0.000000301. The van der Waals surface area contributed by atoms with Crippen LogP contribution in [0.3, 0.4) is 0 Å². The Morgan fingerprint density at radius 1 is 0.946 bits per heavy atom. The van der Waals surface area contributed by atoms with E-state index in [4.69, 9.17) is 9.47 Å². The van der Waals surface area contributed by atoms with Gasteiger partial charge in [0.2, 0.25) is 5.78 Å². The molecule has 0 saturated heterocycles. The predicted molar refractivity (Wildman–Crippen MR) is 144 cm³/mol. The number of hydrogen-bond donors (Lipinski definition) is 0. The first-order valence-corrected chi connectivity index (χ1v) is 12.0. The monoisotopic (exact) mass is 559 g/mol. The zero-order chi connectivity index (χ0) is 26.2. The van der Waals surface area contributed by atoms with Crippen LogP contribution in [0.4, 0.5) is 4.39 Å². The molecule has 0 spiro atoms. The highest BCUT2D eigenvalue weighted by atomic mass is 79.9. The molecule has 0 saturated carbocycles. The molecule has 2 aromatic heterocycles. The zero-order valence-corrected chi connectivity index (χ0v) is 21.7. The Hall–Kier alpha value is -4.30. The molecular weight excluding hydrogens is 537 g/mol. The largest absolute Gasteiger partial charge is 0.497 e. The summed E-state index contributed by atoms with van der Waals surface area (Å²) in [4.78, 5) is 20.8. The molecule has 0 radical (unpaired) electrons. The van der Waals surface area contributed by atoms with Crippen molar-refractivity contribution in [3.8, 4) is 28.3 Å². The quantitative estimate of drug-likeness (QED) is 0.215. The van der Waals surface area contributed by atoms with Crippen molar-refractivity contribution in [2.24, 2.45) is 0 Å². The number of imidazole rings is 1. The Morgan fingerprint density at radius 3 is 2.49 bits per heavy atom. The molecule has 0 aliphatic carbocycles. The van der Waals surface area contributed by atoms with E-state index in [9.17, 15) is 9.18 Å². The third-order valence-corrected chi connectivity index (χ3v) is 5.92. The average Bonchev–Trinajstić information content (AvgIpc) is 3.44. The summed E-state index contributed by atoms with van der Waals surface area (Å²) in [5, 5.41) is 0. The van der Waals surface area contributed by atoms with Gasteiger partial charge in [-0.25, -0.2) is 9.37 Å². The lowest BCUT2D eigenvalue weighted by Gasteiger charge is -2.07. The van der Waals surface area contributed by atoms with Crippen LogP contribution < -0.4 is 9.47 Å². The van der Waals surface area contributed by atoms with Gasteiger partial charge in [0.15, 0.2) is 0 Å². The highest BCUT2D eigenvalue weighted by molar-refractivity contribution is 9.10. The van der Waals surface area contributed by atoms with Crippen molar-refractivity contribution in [2.75, 3.05) is 14.2 Å². The van der Waals surface area contributed by atoms with Gasteiger partial charge in [-0.05, 0) is 54.1 Å². The molecule has 0 aliphatic heterocycles. The van der Waals surface area contributed by atoms with Gasteiger partial charge < -0.3 is 14.0 Å².